The topological polar surface area (TPSA) is 50.7 Å². The molecule has 56 valence electrons. The van der Waals surface area contributed by atoms with Gasteiger partial charge in [0, 0.05) is 12.1 Å². The number of fused-ring (bicyclic) bond motifs is 1. The molecule has 3 heteroatoms. The Bertz CT molecular complexity index is 293. The van der Waals surface area contributed by atoms with Crippen LogP contribution in [-0.4, -0.2) is 6.54 Å². The molecule has 0 amide bonds. The Morgan fingerprint density at radius 2 is 2.18 bits per heavy atom. The van der Waals surface area contributed by atoms with Crippen molar-refractivity contribution in [2.24, 2.45) is 16.0 Å². The molecule has 0 radical (unpaired) electrons. The van der Waals surface area contributed by atoms with Gasteiger partial charge in [-0.05, 0) is 6.07 Å². The van der Waals surface area contributed by atoms with E-state index in [1.54, 1.807) is 0 Å². The molecule has 0 bridgehead atoms. The first kappa shape index (κ1) is 6.49. The first-order valence-electron chi connectivity index (χ1n) is 3.61. The van der Waals surface area contributed by atoms with Crippen molar-refractivity contribution in [3.8, 4) is 0 Å². The van der Waals surface area contributed by atoms with E-state index in [4.69, 9.17) is 5.73 Å². The summed E-state index contributed by atoms with van der Waals surface area (Å²) in [7, 11) is 0. The largest absolute Gasteiger partial charge is 0.328 e. The van der Waals surface area contributed by atoms with E-state index in [9.17, 15) is 0 Å². The number of hydrogen-bond acceptors (Lipinski definition) is 3. The second kappa shape index (κ2) is 2.43. The molecule has 1 unspecified atom stereocenters. The summed E-state index contributed by atoms with van der Waals surface area (Å²) in [6.07, 6.45) is 0. The van der Waals surface area contributed by atoms with Crippen LogP contribution in [0.3, 0.4) is 0 Å². The fraction of sp³-hybridized carbons (Fsp3) is 0.250. The maximum atomic E-state index is 5.49. The minimum absolute atomic E-state index is 0.0891. The summed E-state index contributed by atoms with van der Waals surface area (Å²) < 4.78 is 0. The van der Waals surface area contributed by atoms with Crippen LogP contribution < -0.4 is 5.73 Å². The molecule has 1 heterocycles. The average Bonchev–Trinajstić information content (AvgIpc) is 2.47. The third-order valence-corrected chi connectivity index (χ3v) is 1.82. The normalized spacial score (nSPS) is 20.3. The Morgan fingerprint density at radius 1 is 1.36 bits per heavy atom. The summed E-state index contributed by atoms with van der Waals surface area (Å²) in [5.74, 6) is 0. The van der Waals surface area contributed by atoms with Crippen molar-refractivity contribution in [1.82, 2.24) is 0 Å². The molecule has 0 fully saturated rings. The summed E-state index contributed by atoms with van der Waals surface area (Å²) >= 11 is 0. The number of azo groups is 1. The molecule has 2 rings (SSSR count). The molecular formula is C8H9N3. The summed E-state index contributed by atoms with van der Waals surface area (Å²) in [6, 6.07) is 8.00. The van der Waals surface area contributed by atoms with Gasteiger partial charge in [-0.25, -0.2) is 0 Å². The van der Waals surface area contributed by atoms with E-state index >= 15 is 0 Å². The van der Waals surface area contributed by atoms with E-state index in [-0.39, 0.29) is 6.04 Å². The average molecular weight is 147 g/mol. The zero-order valence-corrected chi connectivity index (χ0v) is 6.07. The maximum absolute atomic E-state index is 5.49. The van der Waals surface area contributed by atoms with Gasteiger partial charge in [0.1, 0.15) is 6.04 Å². The monoisotopic (exact) mass is 147 g/mol. The van der Waals surface area contributed by atoms with Gasteiger partial charge in [-0.3, -0.25) is 0 Å². The second-order valence-corrected chi connectivity index (χ2v) is 2.53. The Morgan fingerprint density at radius 3 is 3.00 bits per heavy atom. The lowest BCUT2D eigenvalue weighted by Gasteiger charge is -2.01. The van der Waals surface area contributed by atoms with Gasteiger partial charge in [-0.2, -0.15) is 10.2 Å². The molecular weight excluding hydrogens is 138 g/mol. The minimum atomic E-state index is 0.0891. The number of nitrogens with zero attached hydrogens (tertiary/aromatic N) is 2. The lowest BCUT2D eigenvalue weighted by molar-refractivity contribution is 0.734. The molecule has 11 heavy (non-hydrogen) atoms. The highest BCUT2D eigenvalue weighted by Gasteiger charge is 2.17. The SMILES string of the molecule is NCC1N=Nc2ccccc21. The highest BCUT2D eigenvalue weighted by atomic mass is 15.2. The summed E-state index contributed by atoms with van der Waals surface area (Å²) in [4.78, 5) is 0. The zero-order valence-electron chi connectivity index (χ0n) is 6.07. The number of nitrogens with two attached hydrogens (primary N) is 1. The molecule has 1 aromatic carbocycles. The maximum Gasteiger partial charge on any atom is 0.110 e. The first-order valence-corrected chi connectivity index (χ1v) is 3.61. The van der Waals surface area contributed by atoms with Crippen LogP contribution in [0.4, 0.5) is 5.69 Å². The van der Waals surface area contributed by atoms with Gasteiger partial charge in [0.15, 0.2) is 0 Å². The fourth-order valence-corrected chi connectivity index (χ4v) is 1.23. The molecule has 0 spiro atoms. The van der Waals surface area contributed by atoms with Crippen LogP contribution in [0.25, 0.3) is 0 Å². The Balaban J connectivity index is 2.46. The molecule has 0 aliphatic carbocycles. The standard InChI is InChI=1S/C8H9N3/c9-5-8-6-3-1-2-4-7(6)10-11-8/h1-4,8H,5,9H2. The smallest absolute Gasteiger partial charge is 0.110 e. The molecule has 3 nitrogen and oxygen atoms in total. The zero-order chi connectivity index (χ0) is 7.68. The van der Waals surface area contributed by atoms with Gasteiger partial charge in [0.2, 0.25) is 0 Å². The third-order valence-electron chi connectivity index (χ3n) is 1.82. The number of hydrogen-bond donors (Lipinski definition) is 1. The lowest BCUT2D eigenvalue weighted by Crippen LogP contribution is -2.07. The van der Waals surface area contributed by atoms with Gasteiger partial charge in [0.05, 0.1) is 5.69 Å². The Labute approximate surface area is 64.9 Å². The van der Waals surface area contributed by atoms with Crippen LogP contribution in [0, 0.1) is 0 Å². The lowest BCUT2D eigenvalue weighted by atomic mass is 10.1. The summed E-state index contributed by atoms with van der Waals surface area (Å²) in [6.45, 7) is 0.542. The van der Waals surface area contributed by atoms with Gasteiger partial charge >= 0.3 is 0 Å². The van der Waals surface area contributed by atoms with Crippen molar-refractivity contribution < 1.29 is 0 Å². The molecule has 0 aromatic heterocycles. The van der Waals surface area contributed by atoms with E-state index in [0.29, 0.717) is 6.54 Å². The van der Waals surface area contributed by atoms with Crippen molar-refractivity contribution in [3.05, 3.63) is 29.8 Å². The van der Waals surface area contributed by atoms with Crippen LogP contribution in [0.2, 0.25) is 0 Å². The van der Waals surface area contributed by atoms with Gasteiger partial charge in [-0.15, -0.1) is 0 Å². The van der Waals surface area contributed by atoms with Crippen molar-refractivity contribution >= 4 is 5.69 Å². The van der Waals surface area contributed by atoms with Crippen molar-refractivity contribution in [1.29, 1.82) is 0 Å². The van der Waals surface area contributed by atoms with E-state index in [1.165, 1.54) is 0 Å². The van der Waals surface area contributed by atoms with E-state index < -0.39 is 0 Å². The van der Waals surface area contributed by atoms with Crippen molar-refractivity contribution in [2.75, 3.05) is 6.54 Å². The predicted molar refractivity (Wildman–Crippen MR) is 42.8 cm³/mol. The van der Waals surface area contributed by atoms with Crippen molar-refractivity contribution in [2.45, 2.75) is 6.04 Å². The molecule has 1 aliphatic rings. The Kier molecular flexibility index (Phi) is 1.43. The molecule has 1 aliphatic heterocycles. The Hall–Kier alpha value is -1.22. The number of benzene rings is 1. The molecule has 0 saturated heterocycles. The van der Waals surface area contributed by atoms with E-state index in [1.807, 2.05) is 24.3 Å². The molecule has 2 N–H and O–H groups in total. The minimum Gasteiger partial charge on any atom is -0.328 e. The van der Waals surface area contributed by atoms with Crippen LogP contribution in [0.1, 0.15) is 11.6 Å². The first-order chi connectivity index (χ1) is 5.42. The van der Waals surface area contributed by atoms with Gasteiger partial charge in [-0.1, -0.05) is 18.2 Å². The van der Waals surface area contributed by atoms with Crippen LogP contribution >= 0.6 is 0 Å². The second-order valence-electron chi connectivity index (χ2n) is 2.53. The molecule has 1 atom stereocenters. The number of rotatable bonds is 1. The van der Waals surface area contributed by atoms with Gasteiger partial charge < -0.3 is 5.73 Å². The predicted octanol–water partition coefficient (Wildman–Crippen LogP) is 1.78. The van der Waals surface area contributed by atoms with E-state index in [0.717, 1.165) is 11.3 Å². The van der Waals surface area contributed by atoms with E-state index in [2.05, 4.69) is 10.2 Å². The summed E-state index contributed by atoms with van der Waals surface area (Å²) in [5, 5.41) is 8.02. The van der Waals surface area contributed by atoms with Crippen LogP contribution in [0.15, 0.2) is 34.5 Å². The highest BCUT2D eigenvalue weighted by molar-refractivity contribution is 5.49. The highest BCUT2D eigenvalue weighted by Crippen LogP contribution is 2.33. The quantitative estimate of drug-likeness (QED) is 0.646. The third kappa shape index (κ3) is 0.935. The van der Waals surface area contributed by atoms with Crippen LogP contribution in [-0.2, 0) is 0 Å². The molecule has 0 saturated carbocycles. The fourth-order valence-electron chi connectivity index (χ4n) is 1.23. The summed E-state index contributed by atoms with van der Waals surface area (Å²) in [5.41, 5.74) is 7.60. The van der Waals surface area contributed by atoms with Crippen molar-refractivity contribution in [3.63, 3.8) is 0 Å². The van der Waals surface area contributed by atoms with Crippen LogP contribution in [0.5, 0.6) is 0 Å². The van der Waals surface area contributed by atoms with Gasteiger partial charge in [0.25, 0.3) is 0 Å². The molecule has 1 aromatic rings.